The van der Waals surface area contributed by atoms with E-state index in [1.54, 1.807) is 18.2 Å². The fourth-order valence-corrected chi connectivity index (χ4v) is 5.40. The van der Waals surface area contributed by atoms with Gasteiger partial charge in [-0.05, 0) is 30.3 Å². The van der Waals surface area contributed by atoms with Crippen LogP contribution in [0.3, 0.4) is 0 Å². The average molecular weight is 547 g/mol. The topological polar surface area (TPSA) is 164 Å². The van der Waals surface area contributed by atoms with Crippen molar-refractivity contribution >= 4 is 33.0 Å². The van der Waals surface area contributed by atoms with Gasteiger partial charge < -0.3 is 4.74 Å². The number of hydrogen-bond acceptors (Lipinski definition) is 9. The molecule has 4 aromatic carbocycles. The van der Waals surface area contributed by atoms with E-state index < -0.39 is 58.6 Å². The highest BCUT2D eigenvalue weighted by atomic mass is 32.2. The van der Waals surface area contributed by atoms with Gasteiger partial charge in [0.15, 0.2) is 6.10 Å². The van der Waals surface area contributed by atoms with E-state index >= 15 is 0 Å². The molecule has 0 amide bonds. The quantitative estimate of drug-likeness (QED) is 0.120. The van der Waals surface area contributed by atoms with E-state index in [2.05, 4.69) is 0 Å². The van der Waals surface area contributed by atoms with E-state index in [0.717, 1.165) is 36.4 Å². The highest BCUT2D eigenvalue weighted by molar-refractivity contribution is 7.91. The summed E-state index contributed by atoms with van der Waals surface area (Å²) in [5.41, 5.74) is -1.10. The number of sulfone groups is 1. The molecule has 11 nitrogen and oxygen atoms in total. The normalized spacial score (nSPS) is 11.8. The standard InChI is InChI=1S/C27H18N2O9S/c30-25(18-8-2-1-3-9-18)26(19-14-16-20(17-15-19)28(32)33)38-27(31)21-10-4-6-12-23(21)39(36,37)24-13-7-5-11-22(24)29(34)35/h1-17,26H/t26-/m0/s1. The monoisotopic (exact) mass is 546 g/mol. The van der Waals surface area contributed by atoms with Gasteiger partial charge in [0.2, 0.25) is 15.6 Å². The van der Waals surface area contributed by atoms with Crippen molar-refractivity contribution in [2.75, 3.05) is 0 Å². The smallest absolute Gasteiger partial charge is 0.340 e. The summed E-state index contributed by atoms with van der Waals surface area (Å²) in [7, 11) is -4.58. The molecule has 4 aromatic rings. The molecule has 1 atom stereocenters. The largest absolute Gasteiger partial charge is 0.445 e. The Morgan fingerprint density at radius 2 is 1.26 bits per heavy atom. The molecular formula is C27H18N2O9S. The van der Waals surface area contributed by atoms with Gasteiger partial charge >= 0.3 is 5.97 Å². The van der Waals surface area contributed by atoms with Crippen molar-refractivity contribution in [3.8, 4) is 0 Å². The Morgan fingerprint density at radius 1 is 0.692 bits per heavy atom. The van der Waals surface area contributed by atoms with Crippen LogP contribution in [0.15, 0.2) is 113 Å². The zero-order valence-corrected chi connectivity index (χ0v) is 20.7. The number of nitrogens with zero attached hydrogens (tertiary/aromatic N) is 2. The third kappa shape index (κ3) is 5.55. The van der Waals surface area contributed by atoms with Crippen LogP contribution in [0.25, 0.3) is 0 Å². The molecule has 0 heterocycles. The molecule has 0 unspecified atom stereocenters. The molecule has 0 aliphatic rings. The Labute approximate surface area is 221 Å². The van der Waals surface area contributed by atoms with Crippen LogP contribution in [0, 0.1) is 20.2 Å². The number of nitro groups is 2. The van der Waals surface area contributed by atoms with Crippen molar-refractivity contribution in [2.24, 2.45) is 0 Å². The highest BCUT2D eigenvalue weighted by Gasteiger charge is 2.33. The first kappa shape index (κ1) is 26.8. The SMILES string of the molecule is O=C(O[C@H](C(=O)c1ccccc1)c1ccc([N+](=O)[O-])cc1)c1ccccc1S(=O)(=O)c1ccccc1[N+](=O)[O-]. The molecule has 0 aliphatic carbocycles. The van der Waals surface area contributed by atoms with Crippen LogP contribution in [-0.2, 0) is 14.6 Å². The summed E-state index contributed by atoms with van der Waals surface area (Å²) in [4.78, 5) is 46.6. The molecule has 12 heteroatoms. The van der Waals surface area contributed by atoms with Crippen molar-refractivity contribution in [1.29, 1.82) is 0 Å². The van der Waals surface area contributed by atoms with Crippen molar-refractivity contribution in [3.05, 3.63) is 140 Å². The van der Waals surface area contributed by atoms with E-state index in [0.29, 0.717) is 0 Å². The average Bonchev–Trinajstić information content (AvgIpc) is 2.96. The number of ketones is 1. The predicted molar refractivity (Wildman–Crippen MR) is 137 cm³/mol. The lowest BCUT2D eigenvalue weighted by Gasteiger charge is -2.18. The maximum Gasteiger partial charge on any atom is 0.340 e. The van der Waals surface area contributed by atoms with E-state index in [4.69, 9.17) is 4.74 Å². The molecule has 0 bridgehead atoms. The van der Waals surface area contributed by atoms with Crippen LogP contribution in [0.4, 0.5) is 11.4 Å². The summed E-state index contributed by atoms with van der Waals surface area (Å²) < 4.78 is 32.4. The molecule has 0 spiro atoms. The first-order chi connectivity index (χ1) is 18.6. The van der Waals surface area contributed by atoms with Crippen LogP contribution in [0.2, 0.25) is 0 Å². The molecule has 0 fully saturated rings. The molecule has 0 saturated carbocycles. The Morgan fingerprint density at radius 3 is 1.87 bits per heavy atom. The van der Waals surface area contributed by atoms with Crippen LogP contribution in [0.1, 0.15) is 32.4 Å². The Balaban J connectivity index is 1.77. The fourth-order valence-electron chi connectivity index (χ4n) is 3.79. The van der Waals surface area contributed by atoms with Crippen molar-refractivity contribution in [1.82, 2.24) is 0 Å². The predicted octanol–water partition coefficient (Wildman–Crippen LogP) is 5.12. The summed E-state index contributed by atoms with van der Waals surface area (Å²) in [5, 5.41) is 22.5. The number of non-ortho nitro benzene ring substituents is 1. The minimum absolute atomic E-state index is 0.113. The molecule has 0 N–H and O–H groups in total. The van der Waals surface area contributed by atoms with Gasteiger partial charge in [-0.3, -0.25) is 25.0 Å². The van der Waals surface area contributed by atoms with Crippen LogP contribution in [-0.4, -0.2) is 30.0 Å². The van der Waals surface area contributed by atoms with Gasteiger partial charge in [0.25, 0.3) is 11.4 Å². The van der Waals surface area contributed by atoms with E-state index in [1.807, 2.05) is 0 Å². The third-order valence-electron chi connectivity index (χ3n) is 5.68. The third-order valence-corrected chi connectivity index (χ3v) is 7.54. The first-order valence-electron chi connectivity index (χ1n) is 11.2. The number of benzene rings is 4. The molecule has 0 radical (unpaired) electrons. The van der Waals surface area contributed by atoms with Gasteiger partial charge in [0.05, 0.1) is 20.3 Å². The van der Waals surface area contributed by atoms with E-state index in [1.165, 1.54) is 48.5 Å². The van der Waals surface area contributed by atoms with Crippen LogP contribution >= 0.6 is 0 Å². The molecule has 4 rings (SSSR count). The number of carbonyl (C=O) groups is 2. The summed E-state index contributed by atoms with van der Waals surface area (Å²) in [6, 6.07) is 22.3. The molecular weight excluding hydrogens is 528 g/mol. The van der Waals surface area contributed by atoms with Gasteiger partial charge in [-0.2, -0.15) is 0 Å². The molecule has 0 aliphatic heterocycles. The summed E-state index contributed by atoms with van der Waals surface area (Å²) >= 11 is 0. The second-order valence-electron chi connectivity index (χ2n) is 8.09. The maximum absolute atomic E-state index is 13.5. The number of para-hydroxylation sites is 1. The second-order valence-corrected chi connectivity index (χ2v) is 9.98. The van der Waals surface area contributed by atoms with Gasteiger partial charge in [0, 0.05) is 29.3 Å². The Kier molecular flexibility index (Phi) is 7.58. The summed E-state index contributed by atoms with van der Waals surface area (Å²) in [5.74, 6) is -1.85. The number of Topliss-reactive ketones (excluding diaryl/α,β-unsaturated/α-hetero) is 1. The molecule has 196 valence electrons. The minimum atomic E-state index is -4.58. The van der Waals surface area contributed by atoms with Crippen molar-refractivity contribution in [3.63, 3.8) is 0 Å². The fraction of sp³-hybridized carbons (Fsp3) is 0.0370. The number of nitro benzene ring substituents is 2. The van der Waals surface area contributed by atoms with Crippen LogP contribution in [0.5, 0.6) is 0 Å². The van der Waals surface area contributed by atoms with E-state index in [-0.39, 0.29) is 16.8 Å². The molecule has 0 aromatic heterocycles. The van der Waals surface area contributed by atoms with Gasteiger partial charge in [0.1, 0.15) is 4.90 Å². The summed E-state index contributed by atoms with van der Waals surface area (Å²) in [6.07, 6.45) is -1.58. The lowest BCUT2D eigenvalue weighted by atomic mass is 9.99. The second kappa shape index (κ2) is 11.0. The lowest BCUT2D eigenvalue weighted by Crippen LogP contribution is -2.22. The van der Waals surface area contributed by atoms with Gasteiger partial charge in [-0.1, -0.05) is 54.6 Å². The highest BCUT2D eigenvalue weighted by Crippen LogP contribution is 2.32. The number of ether oxygens (including phenoxy) is 1. The van der Waals surface area contributed by atoms with Gasteiger partial charge in [-0.25, -0.2) is 13.2 Å². The zero-order chi connectivity index (χ0) is 28.2. The van der Waals surface area contributed by atoms with Gasteiger partial charge in [-0.15, -0.1) is 0 Å². The zero-order valence-electron chi connectivity index (χ0n) is 19.9. The number of hydrogen-bond donors (Lipinski definition) is 0. The van der Waals surface area contributed by atoms with Crippen molar-refractivity contribution in [2.45, 2.75) is 15.9 Å². The number of carbonyl (C=O) groups excluding carboxylic acids is 2. The van der Waals surface area contributed by atoms with Crippen molar-refractivity contribution < 1.29 is 32.6 Å². The summed E-state index contributed by atoms with van der Waals surface area (Å²) in [6.45, 7) is 0. The Hall–Kier alpha value is -5.23. The molecule has 0 saturated heterocycles. The minimum Gasteiger partial charge on any atom is -0.445 e. The Bertz CT molecular complexity index is 1690. The number of esters is 1. The maximum atomic E-state index is 13.5. The first-order valence-corrected chi connectivity index (χ1v) is 12.7. The lowest BCUT2D eigenvalue weighted by molar-refractivity contribution is -0.387. The number of rotatable bonds is 9. The van der Waals surface area contributed by atoms with Crippen LogP contribution < -0.4 is 0 Å². The van der Waals surface area contributed by atoms with E-state index in [9.17, 15) is 38.2 Å². The molecule has 39 heavy (non-hydrogen) atoms.